The lowest BCUT2D eigenvalue weighted by Gasteiger charge is -2.47. The molecule has 0 N–H and O–H groups in total. The fourth-order valence-electron chi connectivity index (χ4n) is 19.0. The molecule has 12 bridgehead atoms. The Balaban J connectivity index is 0.0000000806. The summed E-state index contributed by atoms with van der Waals surface area (Å²) in [5, 5.41) is 0. The quantitative estimate of drug-likeness (QED) is 0.179. The highest BCUT2D eigenvalue weighted by Gasteiger charge is 2.72. The van der Waals surface area contributed by atoms with E-state index in [1.165, 1.54) is 43.9 Å². The number of rotatable bonds is 0. The summed E-state index contributed by atoms with van der Waals surface area (Å²) < 4.78 is 0. The molecule has 0 aromatic rings. The lowest BCUT2D eigenvalue weighted by atomic mass is 9.57. The third-order valence-corrected chi connectivity index (χ3v) is 19.9. The van der Waals surface area contributed by atoms with Gasteiger partial charge in [-0.3, -0.25) is 0 Å². The lowest BCUT2D eigenvalue weighted by Crippen LogP contribution is -2.43. The van der Waals surface area contributed by atoms with Crippen LogP contribution in [0, 0.1) is 142 Å². The molecule has 0 aromatic heterocycles. The maximum Gasteiger partial charge on any atom is -0.0133 e. The highest BCUT2D eigenvalue weighted by molar-refractivity contribution is 5.29. The van der Waals surface area contributed by atoms with Crippen LogP contribution in [0.2, 0.25) is 0 Å². The van der Waals surface area contributed by atoms with E-state index in [-0.39, 0.29) is 0 Å². The van der Waals surface area contributed by atoms with E-state index in [0.717, 1.165) is 137 Å². The number of hydrogen-bond donors (Lipinski definition) is 0. The molecule has 0 nitrogen and oxygen atoms in total. The van der Waals surface area contributed by atoms with E-state index in [1.54, 1.807) is 25.7 Å². The molecule has 260 valence electrons. The van der Waals surface area contributed by atoms with Gasteiger partial charge in [-0.25, -0.2) is 0 Å². The van der Waals surface area contributed by atoms with Crippen molar-refractivity contribution in [2.24, 2.45) is 142 Å². The highest BCUT2D eigenvalue weighted by atomic mass is 14.8. The van der Waals surface area contributed by atoms with Crippen molar-refractivity contribution < 1.29 is 0 Å². The van der Waals surface area contributed by atoms with Crippen LogP contribution in [-0.2, 0) is 0 Å². The van der Waals surface area contributed by atoms with E-state index < -0.39 is 0 Å². The molecule has 16 rings (SSSR count). The molecule has 24 atom stereocenters. The van der Waals surface area contributed by atoms with Crippen molar-refractivity contribution in [3.8, 4) is 0 Å². The van der Waals surface area contributed by atoms with Crippen LogP contribution in [0.25, 0.3) is 0 Å². The molecule has 9 fully saturated rings. The van der Waals surface area contributed by atoms with Crippen molar-refractivity contribution in [1.82, 2.24) is 0 Å². The largest absolute Gasteiger partial charge is 0.0879 e. The number of allylic oxidation sites excluding steroid dienone is 16. The Labute approximate surface area is 302 Å². The summed E-state index contributed by atoms with van der Waals surface area (Å²) in [6, 6.07) is 0. The van der Waals surface area contributed by atoms with Crippen molar-refractivity contribution >= 4 is 0 Å². The second-order valence-corrected chi connectivity index (χ2v) is 20.8. The molecule has 0 aromatic carbocycles. The molecule has 16 aliphatic rings. The van der Waals surface area contributed by atoms with E-state index in [9.17, 15) is 0 Å². The van der Waals surface area contributed by atoms with Gasteiger partial charge in [0.2, 0.25) is 0 Å². The third-order valence-electron chi connectivity index (χ3n) is 19.9. The minimum atomic E-state index is 0.925. The van der Waals surface area contributed by atoms with E-state index >= 15 is 0 Å². The van der Waals surface area contributed by atoms with Gasteiger partial charge in [-0.1, -0.05) is 97.2 Å². The van der Waals surface area contributed by atoms with Crippen LogP contribution < -0.4 is 0 Å². The number of fused-ring (bicyclic) bond motifs is 36. The van der Waals surface area contributed by atoms with Gasteiger partial charge in [-0.2, -0.15) is 0 Å². The zero-order valence-electron chi connectivity index (χ0n) is 30.2. The standard InChI is InChI=1S/C20H24.C15H18.C10H12.C5H6/c1-2-11-12(3-1)14-7-13(11)19-15-8-16(20(14)19)18-10-5-4-9(6-10)17(15)18;1-2-10-11(3-1)13-7-12(10)14-8-4-5-9(6-8)15(13)14;1-2-9-7-4-5-8(6-7)10(9)3-1;1-2-4-5-3-1/h1-2,4-5,9-20H,3,6-8H2;1-2,4-5,8-15H,3,6-7H2;1-2,4-5,7-10H,3,6H2;1-4H,5H2. The van der Waals surface area contributed by atoms with Crippen molar-refractivity contribution in [2.45, 2.75) is 64.2 Å². The Morgan fingerprint density at radius 3 is 1.26 bits per heavy atom. The van der Waals surface area contributed by atoms with Gasteiger partial charge in [0.15, 0.2) is 0 Å². The van der Waals surface area contributed by atoms with Crippen LogP contribution in [0.3, 0.4) is 0 Å². The van der Waals surface area contributed by atoms with Gasteiger partial charge in [0.25, 0.3) is 0 Å². The molecule has 16 aliphatic carbocycles. The van der Waals surface area contributed by atoms with E-state index in [0.29, 0.717) is 0 Å². The Morgan fingerprint density at radius 1 is 0.260 bits per heavy atom. The Kier molecular flexibility index (Phi) is 6.32. The third kappa shape index (κ3) is 3.81. The summed E-state index contributed by atoms with van der Waals surface area (Å²) in [4.78, 5) is 0. The van der Waals surface area contributed by atoms with Crippen molar-refractivity contribution in [3.05, 3.63) is 97.2 Å². The normalized spacial score (nSPS) is 61.8. The predicted octanol–water partition coefficient (Wildman–Crippen LogP) is 11.3. The topological polar surface area (TPSA) is 0 Å². The monoisotopic (exact) mass is 660 g/mol. The smallest absolute Gasteiger partial charge is 0.0133 e. The summed E-state index contributed by atoms with van der Waals surface area (Å²) in [6.45, 7) is 0. The summed E-state index contributed by atoms with van der Waals surface area (Å²) >= 11 is 0. The van der Waals surface area contributed by atoms with Crippen LogP contribution in [-0.4, -0.2) is 0 Å². The molecule has 50 heavy (non-hydrogen) atoms. The maximum absolute atomic E-state index is 2.63. The summed E-state index contributed by atoms with van der Waals surface area (Å²) in [6.07, 6.45) is 53.4. The first-order valence-electron chi connectivity index (χ1n) is 22.2. The van der Waals surface area contributed by atoms with Gasteiger partial charge < -0.3 is 0 Å². The molecule has 0 aliphatic heterocycles. The second kappa shape index (κ2) is 10.8. The number of hydrogen-bond acceptors (Lipinski definition) is 0. The molecule has 24 unspecified atom stereocenters. The van der Waals surface area contributed by atoms with E-state index in [2.05, 4.69) is 97.2 Å². The molecule has 0 spiro atoms. The van der Waals surface area contributed by atoms with E-state index in [4.69, 9.17) is 0 Å². The molecule has 0 radical (unpaired) electrons. The fraction of sp³-hybridized carbons (Fsp3) is 0.680. The maximum atomic E-state index is 2.63. The zero-order valence-corrected chi connectivity index (χ0v) is 30.2. The Bertz CT molecular complexity index is 1650. The lowest BCUT2D eigenvalue weighted by molar-refractivity contribution is 0.0160. The molecule has 0 amide bonds. The van der Waals surface area contributed by atoms with Gasteiger partial charge in [0, 0.05) is 0 Å². The Morgan fingerprint density at radius 2 is 0.680 bits per heavy atom. The van der Waals surface area contributed by atoms with Gasteiger partial charge in [0.05, 0.1) is 0 Å². The average Bonchev–Trinajstić information content (AvgIpc) is 3.99. The molecular formula is C50H60. The van der Waals surface area contributed by atoms with Crippen LogP contribution >= 0.6 is 0 Å². The first kappa shape index (κ1) is 29.4. The molecule has 0 heteroatoms. The summed E-state index contributed by atoms with van der Waals surface area (Å²) in [5.74, 6) is 25.6. The zero-order chi connectivity index (χ0) is 32.2. The first-order valence-corrected chi connectivity index (χ1v) is 22.2. The van der Waals surface area contributed by atoms with Crippen molar-refractivity contribution in [2.75, 3.05) is 0 Å². The van der Waals surface area contributed by atoms with E-state index in [1.807, 2.05) is 0 Å². The van der Waals surface area contributed by atoms with Gasteiger partial charge >= 0.3 is 0 Å². The highest BCUT2D eigenvalue weighted by Crippen LogP contribution is 2.78. The molecule has 0 saturated heterocycles. The van der Waals surface area contributed by atoms with Gasteiger partial charge in [-0.15, -0.1) is 0 Å². The van der Waals surface area contributed by atoms with Crippen LogP contribution in [0.5, 0.6) is 0 Å². The first-order chi connectivity index (χ1) is 24.8. The summed E-state index contributed by atoms with van der Waals surface area (Å²) in [7, 11) is 0. The fourth-order valence-corrected chi connectivity index (χ4v) is 19.0. The average molecular weight is 661 g/mol. The predicted molar refractivity (Wildman–Crippen MR) is 203 cm³/mol. The van der Waals surface area contributed by atoms with Gasteiger partial charge in [-0.05, 0) is 206 Å². The van der Waals surface area contributed by atoms with Crippen LogP contribution in [0.4, 0.5) is 0 Å². The van der Waals surface area contributed by atoms with Crippen LogP contribution in [0.15, 0.2) is 97.2 Å². The van der Waals surface area contributed by atoms with Crippen molar-refractivity contribution in [1.29, 1.82) is 0 Å². The molecule has 9 saturated carbocycles. The van der Waals surface area contributed by atoms with Gasteiger partial charge in [0.1, 0.15) is 0 Å². The SMILES string of the molecule is C1=CC2C(C1)C1CC2C2C3C=CC(C3)C12.C1=CC2C(C1)C1CC2C2C3CC(C4C5C=CC(C5)C34)C12.C1=CC2C3C=CC(C3)C2C1.C1=CCC=C1. The Hall–Kier alpha value is -2.08. The minimum absolute atomic E-state index is 0.925. The molecule has 0 heterocycles. The second-order valence-electron chi connectivity index (χ2n) is 20.8. The van der Waals surface area contributed by atoms with Crippen molar-refractivity contribution in [3.63, 3.8) is 0 Å². The minimum Gasteiger partial charge on any atom is -0.0879 e. The summed E-state index contributed by atoms with van der Waals surface area (Å²) in [5.41, 5.74) is 0. The van der Waals surface area contributed by atoms with Crippen LogP contribution in [0.1, 0.15) is 64.2 Å². The molecular weight excluding hydrogens is 601 g/mol.